The summed E-state index contributed by atoms with van der Waals surface area (Å²) in [4.78, 5) is 25.0. The molecule has 1 aliphatic rings. The number of nitrogens with zero attached hydrogens (tertiary/aromatic N) is 1. The summed E-state index contributed by atoms with van der Waals surface area (Å²) in [5.41, 5.74) is 3.43. The fourth-order valence-corrected chi connectivity index (χ4v) is 6.24. The molecule has 3 aromatic rings. The molecule has 0 spiro atoms. The molecule has 1 saturated heterocycles. The van der Waals surface area contributed by atoms with E-state index < -0.39 is 33.9 Å². The maximum atomic E-state index is 13.0. The minimum atomic E-state index is -3.60. The Morgan fingerprint density at radius 1 is 0.974 bits per heavy atom. The first kappa shape index (κ1) is 27.3. The summed E-state index contributed by atoms with van der Waals surface area (Å²) >= 11 is 0. The third kappa shape index (κ3) is 6.99. The van der Waals surface area contributed by atoms with Crippen LogP contribution >= 0.6 is 0 Å². The molecule has 2 atom stereocenters. The molecular formula is C29H32N2O6S. The number of piperidine rings is 1. The molecule has 8 nitrogen and oxygen atoms in total. The smallest absolute Gasteiger partial charge is 0.326 e. The van der Waals surface area contributed by atoms with Gasteiger partial charge in [-0.2, -0.15) is 0 Å². The van der Waals surface area contributed by atoms with Crippen molar-refractivity contribution in [1.29, 1.82) is 0 Å². The summed E-state index contributed by atoms with van der Waals surface area (Å²) in [6, 6.07) is 23.0. The fourth-order valence-electron chi connectivity index (χ4n) is 4.63. The van der Waals surface area contributed by atoms with Crippen LogP contribution in [0.2, 0.25) is 0 Å². The Bertz CT molecular complexity index is 1340. The second kappa shape index (κ2) is 12.2. The van der Waals surface area contributed by atoms with Gasteiger partial charge in [0.15, 0.2) is 0 Å². The molecule has 0 radical (unpaired) electrons. The summed E-state index contributed by atoms with van der Waals surface area (Å²) < 4.78 is 32.4. The van der Waals surface area contributed by atoms with Gasteiger partial charge in [-0.1, -0.05) is 66.7 Å². The van der Waals surface area contributed by atoms with Crippen molar-refractivity contribution < 1.29 is 27.9 Å². The van der Waals surface area contributed by atoms with Gasteiger partial charge in [0.2, 0.25) is 15.9 Å². The second-order valence-corrected chi connectivity index (χ2v) is 11.4. The summed E-state index contributed by atoms with van der Waals surface area (Å²) in [7, 11) is -1.99. The Kier molecular flexibility index (Phi) is 8.81. The van der Waals surface area contributed by atoms with Crippen LogP contribution in [0.15, 0.2) is 78.9 Å². The van der Waals surface area contributed by atoms with Crippen LogP contribution in [0, 0.1) is 5.92 Å². The molecule has 0 saturated carbocycles. The van der Waals surface area contributed by atoms with E-state index in [1.165, 1.54) is 4.31 Å². The van der Waals surface area contributed by atoms with E-state index in [0.29, 0.717) is 24.9 Å². The van der Waals surface area contributed by atoms with Crippen LogP contribution in [-0.4, -0.2) is 55.9 Å². The van der Waals surface area contributed by atoms with Gasteiger partial charge < -0.3 is 15.2 Å². The van der Waals surface area contributed by atoms with Crippen LogP contribution in [0.5, 0.6) is 5.75 Å². The summed E-state index contributed by atoms with van der Waals surface area (Å²) in [6.45, 7) is 0.395. The first-order chi connectivity index (χ1) is 18.2. The third-order valence-corrected chi connectivity index (χ3v) is 8.59. The molecule has 1 heterocycles. The molecule has 1 unspecified atom stereocenters. The number of hydrogen-bond donors (Lipinski definition) is 2. The van der Waals surface area contributed by atoms with Gasteiger partial charge in [-0.15, -0.1) is 0 Å². The highest BCUT2D eigenvalue weighted by atomic mass is 32.2. The molecule has 1 aliphatic heterocycles. The molecule has 9 heteroatoms. The number of amides is 1. The number of nitrogens with one attached hydrogen (secondary N) is 1. The number of sulfonamides is 1. The molecule has 3 aromatic carbocycles. The van der Waals surface area contributed by atoms with E-state index in [4.69, 9.17) is 4.74 Å². The van der Waals surface area contributed by atoms with Gasteiger partial charge in [0.1, 0.15) is 11.8 Å². The maximum Gasteiger partial charge on any atom is 0.326 e. The van der Waals surface area contributed by atoms with Gasteiger partial charge in [0, 0.05) is 19.5 Å². The first-order valence-corrected chi connectivity index (χ1v) is 14.1. The van der Waals surface area contributed by atoms with Crippen molar-refractivity contribution in [2.24, 2.45) is 5.92 Å². The highest BCUT2D eigenvalue weighted by Gasteiger charge is 2.34. The molecule has 0 aliphatic carbocycles. The number of carboxylic acids is 1. The second-order valence-electron chi connectivity index (χ2n) is 9.47. The lowest BCUT2D eigenvalue weighted by atomic mass is 9.97. The number of benzene rings is 3. The number of hydrogen-bond acceptors (Lipinski definition) is 5. The summed E-state index contributed by atoms with van der Waals surface area (Å²) in [6.07, 6.45) is 1.16. The highest BCUT2D eigenvalue weighted by Crippen LogP contribution is 2.24. The van der Waals surface area contributed by atoms with Crippen LogP contribution < -0.4 is 10.1 Å². The lowest BCUT2D eigenvalue weighted by Crippen LogP contribution is -2.50. The van der Waals surface area contributed by atoms with Crippen molar-refractivity contribution in [1.82, 2.24) is 9.62 Å². The predicted molar refractivity (Wildman–Crippen MR) is 145 cm³/mol. The third-order valence-electron chi connectivity index (χ3n) is 6.77. The number of carbonyl (C=O) groups is 2. The topological polar surface area (TPSA) is 113 Å². The standard InChI is InChI=1S/C29H32N2O6S/c1-37-26-15-13-24(14-16-26)23-11-9-21(10-12-23)18-27(29(33)34)30-28(32)25-8-5-17-31(19-25)38(35,36)20-22-6-3-2-4-7-22/h2-4,6-7,9-16,25,27H,5,8,17-20H2,1H3,(H,30,32)(H,33,34)/t25?,27-/m0/s1. The predicted octanol–water partition coefficient (Wildman–Crippen LogP) is 3.72. The average molecular weight is 537 g/mol. The minimum Gasteiger partial charge on any atom is -0.497 e. The quantitative estimate of drug-likeness (QED) is 0.408. The van der Waals surface area contributed by atoms with E-state index in [2.05, 4.69) is 5.32 Å². The summed E-state index contributed by atoms with van der Waals surface area (Å²) in [5.74, 6) is -1.55. The van der Waals surface area contributed by atoms with Gasteiger partial charge in [0.25, 0.3) is 0 Å². The van der Waals surface area contributed by atoms with Crippen LogP contribution in [0.3, 0.4) is 0 Å². The van der Waals surface area contributed by atoms with Crippen molar-refractivity contribution in [2.45, 2.75) is 31.1 Å². The van der Waals surface area contributed by atoms with Crippen LogP contribution in [0.4, 0.5) is 0 Å². The van der Waals surface area contributed by atoms with E-state index in [-0.39, 0.29) is 18.7 Å². The molecule has 0 aromatic heterocycles. The normalized spacial score (nSPS) is 16.9. The lowest BCUT2D eigenvalue weighted by molar-refractivity contribution is -0.142. The van der Waals surface area contributed by atoms with Gasteiger partial charge in [0.05, 0.1) is 18.8 Å². The van der Waals surface area contributed by atoms with E-state index in [0.717, 1.165) is 22.4 Å². The number of rotatable bonds is 10. The first-order valence-electron chi connectivity index (χ1n) is 12.5. The zero-order valence-corrected chi connectivity index (χ0v) is 22.1. The van der Waals surface area contributed by atoms with E-state index in [9.17, 15) is 23.1 Å². The van der Waals surface area contributed by atoms with Crippen molar-refractivity contribution in [3.05, 3.63) is 90.0 Å². The molecule has 2 N–H and O–H groups in total. The van der Waals surface area contributed by atoms with Gasteiger partial charge in [-0.05, 0) is 47.2 Å². The number of methoxy groups -OCH3 is 1. The Morgan fingerprint density at radius 2 is 1.61 bits per heavy atom. The van der Waals surface area contributed by atoms with Crippen molar-refractivity contribution >= 4 is 21.9 Å². The zero-order chi connectivity index (χ0) is 27.1. The number of aliphatic carboxylic acids is 1. The molecule has 4 rings (SSSR count). The molecule has 200 valence electrons. The van der Waals surface area contributed by atoms with E-state index >= 15 is 0 Å². The lowest BCUT2D eigenvalue weighted by Gasteiger charge is -2.32. The largest absolute Gasteiger partial charge is 0.497 e. The van der Waals surface area contributed by atoms with Gasteiger partial charge in [-0.3, -0.25) is 4.79 Å². The fraction of sp³-hybridized carbons (Fsp3) is 0.310. The number of carboxylic acid groups (broad SMARTS) is 1. The number of carbonyl (C=O) groups excluding carboxylic acids is 1. The average Bonchev–Trinajstić information content (AvgIpc) is 2.93. The molecular weight excluding hydrogens is 504 g/mol. The van der Waals surface area contributed by atoms with Crippen molar-refractivity contribution in [3.8, 4) is 16.9 Å². The van der Waals surface area contributed by atoms with E-state index in [1.807, 2.05) is 54.6 Å². The van der Waals surface area contributed by atoms with Crippen LogP contribution in [0.1, 0.15) is 24.0 Å². The Labute approximate surface area is 223 Å². The van der Waals surface area contributed by atoms with Gasteiger partial charge >= 0.3 is 5.97 Å². The highest BCUT2D eigenvalue weighted by molar-refractivity contribution is 7.88. The molecule has 38 heavy (non-hydrogen) atoms. The van der Waals surface area contributed by atoms with E-state index in [1.54, 1.807) is 31.4 Å². The van der Waals surface area contributed by atoms with Crippen LogP contribution in [-0.2, 0) is 31.8 Å². The van der Waals surface area contributed by atoms with Gasteiger partial charge in [-0.25, -0.2) is 17.5 Å². The maximum absolute atomic E-state index is 13.0. The molecule has 0 bridgehead atoms. The zero-order valence-electron chi connectivity index (χ0n) is 21.2. The minimum absolute atomic E-state index is 0.0455. The Balaban J connectivity index is 1.37. The number of ether oxygens (including phenoxy) is 1. The Morgan fingerprint density at radius 3 is 2.21 bits per heavy atom. The summed E-state index contributed by atoms with van der Waals surface area (Å²) in [5, 5.41) is 12.4. The molecule has 1 fully saturated rings. The van der Waals surface area contributed by atoms with Crippen molar-refractivity contribution in [3.63, 3.8) is 0 Å². The Hall–Kier alpha value is -3.69. The molecule has 1 amide bonds. The van der Waals surface area contributed by atoms with Crippen LogP contribution in [0.25, 0.3) is 11.1 Å². The SMILES string of the molecule is COc1ccc(-c2ccc(C[C@H](NC(=O)C3CCCN(S(=O)(=O)Cc4ccccc4)C3)C(=O)O)cc2)cc1. The monoisotopic (exact) mass is 536 g/mol. The van der Waals surface area contributed by atoms with Crippen molar-refractivity contribution in [2.75, 3.05) is 20.2 Å².